The molecule has 1 amide bonds. The van der Waals surface area contributed by atoms with Gasteiger partial charge < -0.3 is 20.3 Å². The van der Waals surface area contributed by atoms with E-state index in [4.69, 9.17) is 4.74 Å². The number of carbonyl (C=O) groups excluding carboxylic acids is 1. The molecule has 0 saturated carbocycles. The van der Waals surface area contributed by atoms with Crippen LogP contribution in [0.1, 0.15) is 37.8 Å². The Hall–Kier alpha value is -1.51. The van der Waals surface area contributed by atoms with Crippen LogP contribution in [0.2, 0.25) is 0 Å². The van der Waals surface area contributed by atoms with Crippen molar-refractivity contribution in [3.63, 3.8) is 0 Å². The second-order valence-electron chi connectivity index (χ2n) is 6.32. The monoisotopic (exact) mass is 474 g/mol. The molecule has 0 radical (unpaired) electrons. The summed E-state index contributed by atoms with van der Waals surface area (Å²) in [5.74, 6) is 1.91. The Bertz CT molecular complexity index is 622. The van der Waals surface area contributed by atoms with Crippen molar-refractivity contribution in [3.05, 3.63) is 29.3 Å². The molecule has 1 atom stereocenters. The van der Waals surface area contributed by atoms with E-state index in [-0.39, 0.29) is 35.9 Å². The quantitative estimate of drug-likeness (QED) is 0.378. The summed E-state index contributed by atoms with van der Waals surface area (Å²) in [5.41, 5.74) is 2.25. The average molecular weight is 474 g/mol. The molecule has 1 aromatic rings. The number of benzene rings is 1. The molecule has 0 aromatic heterocycles. The highest BCUT2D eigenvalue weighted by Gasteiger charge is 2.25. The van der Waals surface area contributed by atoms with Crippen LogP contribution in [0.3, 0.4) is 0 Å². The summed E-state index contributed by atoms with van der Waals surface area (Å²) in [6.45, 7) is 8.97. The Labute approximate surface area is 173 Å². The van der Waals surface area contributed by atoms with E-state index in [0.29, 0.717) is 13.0 Å². The second-order valence-corrected chi connectivity index (χ2v) is 6.32. The van der Waals surface area contributed by atoms with Crippen molar-refractivity contribution in [2.24, 2.45) is 4.99 Å². The Morgan fingerprint density at radius 1 is 1.38 bits per heavy atom. The number of nitrogens with one attached hydrogen (secondary N) is 2. The van der Waals surface area contributed by atoms with Gasteiger partial charge in [0, 0.05) is 32.1 Å². The maximum atomic E-state index is 11.8. The molecule has 1 unspecified atom stereocenters. The molecule has 26 heavy (non-hydrogen) atoms. The van der Waals surface area contributed by atoms with Gasteiger partial charge in [-0.25, -0.2) is 4.99 Å². The van der Waals surface area contributed by atoms with Gasteiger partial charge >= 0.3 is 0 Å². The molecule has 0 aliphatic carbocycles. The molecule has 1 saturated heterocycles. The summed E-state index contributed by atoms with van der Waals surface area (Å²) < 4.78 is 5.30. The number of hydrogen-bond acceptors (Lipinski definition) is 3. The van der Waals surface area contributed by atoms with Crippen molar-refractivity contribution in [1.82, 2.24) is 15.5 Å². The molecule has 2 rings (SSSR count). The first-order valence-corrected chi connectivity index (χ1v) is 9.03. The fraction of sp³-hybridized carbons (Fsp3) is 0.579. The average Bonchev–Trinajstić information content (AvgIpc) is 3.08. The van der Waals surface area contributed by atoms with E-state index in [2.05, 4.69) is 28.6 Å². The van der Waals surface area contributed by atoms with E-state index >= 15 is 0 Å². The summed E-state index contributed by atoms with van der Waals surface area (Å²) in [6.07, 6.45) is 1.52. The van der Waals surface area contributed by atoms with Gasteiger partial charge in [0.05, 0.1) is 13.7 Å². The number of aliphatic imine (C=N–C) groups is 1. The lowest BCUT2D eigenvalue weighted by atomic mass is 10.1. The Balaban J connectivity index is 0.00000338. The largest absolute Gasteiger partial charge is 0.496 e. The van der Waals surface area contributed by atoms with E-state index in [1.54, 1.807) is 7.11 Å². The highest BCUT2D eigenvalue weighted by Crippen LogP contribution is 2.19. The van der Waals surface area contributed by atoms with Crippen LogP contribution in [-0.4, -0.2) is 49.6 Å². The number of methoxy groups -OCH3 is 1. The molecule has 0 spiro atoms. The van der Waals surface area contributed by atoms with E-state index in [1.807, 2.05) is 30.9 Å². The molecule has 7 heteroatoms. The number of carbonyl (C=O) groups is 1. The number of likely N-dealkylation sites (tertiary alicyclic amines) is 1. The maximum Gasteiger partial charge on any atom is 0.222 e. The molecule has 1 aliphatic heterocycles. The van der Waals surface area contributed by atoms with Gasteiger partial charge in [-0.2, -0.15) is 0 Å². The fourth-order valence-corrected chi connectivity index (χ4v) is 3.05. The van der Waals surface area contributed by atoms with Gasteiger partial charge in [0.15, 0.2) is 5.96 Å². The smallest absolute Gasteiger partial charge is 0.222 e. The third kappa shape index (κ3) is 6.34. The topological polar surface area (TPSA) is 66.0 Å². The van der Waals surface area contributed by atoms with E-state index in [9.17, 15) is 4.79 Å². The van der Waals surface area contributed by atoms with Crippen molar-refractivity contribution in [3.8, 4) is 5.75 Å². The number of nitrogens with zero attached hydrogens (tertiary/aromatic N) is 2. The molecule has 2 N–H and O–H groups in total. The highest BCUT2D eigenvalue weighted by atomic mass is 127. The van der Waals surface area contributed by atoms with Crippen molar-refractivity contribution in [1.29, 1.82) is 0 Å². The zero-order chi connectivity index (χ0) is 18.2. The molecule has 1 aromatic carbocycles. The number of halogens is 1. The molecule has 1 aliphatic rings. The predicted octanol–water partition coefficient (Wildman–Crippen LogP) is 2.69. The molecule has 1 heterocycles. The molecule has 0 bridgehead atoms. The van der Waals surface area contributed by atoms with Gasteiger partial charge in [0.1, 0.15) is 5.75 Å². The number of rotatable bonds is 6. The molecule has 6 nitrogen and oxygen atoms in total. The zero-order valence-electron chi connectivity index (χ0n) is 16.2. The SMILES string of the molecule is CCNC(=NCc1ccc(OC)c(C)c1)NC1CCN(C(=O)CC)C1.I. The highest BCUT2D eigenvalue weighted by molar-refractivity contribution is 14.0. The third-order valence-corrected chi connectivity index (χ3v) is 4.41. The lowest BCUT2D eigenvalue weighted by molar-refractivity contribution is -0.129. The number of ether oxygens (including phenoxy) is 1. The summed E-state index contributed by atoms with van der Waals surface area (Å²) in [5, 5.41) is 6.74. The van der Waals surface area contributed by atoms with Gasteiger partial charge in [-0.15, -0.1) is 24.0 Å². The third-order valence-electron chi connectivity index (χ3n) is 4.41. The van der Waals surface area contributed by atoms with Crippen LogP contribution in [0.4, 0.5) is 0 Å². The van der Waals surface area contributed by atoms with E-state index < -0.39 is 0 Å². The van der Waals surface area contributed by atoms with Crippen LogP contribution in [0.25, 0.3) is 0 Å². The van der Waals surface area contributed by atoms with Crippen LogP contribution >= 0.6 is 24.0 Å². The van der Waals surface area contributed by atoms with Crippen molar-refractivity contribution in [2.45, 2.75) is 46.2 Å². The van der Waals surface area contributed by atoms with Gasteiger partial charge in [0.25, 0.3) is 0 Å². The van der Waals surface area contributed by atoms with E-state index in [0.717, 1.165) is 48.9 Å². The van der Waals surface area contributed by atoms with Crippen LogP contribution < -0.4 is 15.4 Å². The van der Waals surface area contributed by atoms with Crippen molar-refractivity contribution < 1.29 is 9.53 Å². The Morgan fingerprint density at radius 2 is 2.15 bits per heavy atom. The first kappa shape index (κ1) is 22.5. The van der Waals surface area contributed by atoms with Crippen LogP contribution in [0, 0.1) is 6.92 Å². The fourth-order valence-electron chi connectivity index (χ4n) is 3.05. The first-order chi connectivity index (χ1) is 12.1. The van der Waals surface area contributed by atoms with Gasteiger partial charge in [-0.3, -0.25) is 4.79 Å². The zero-order valence-corrected chi connectivity index (χ0v) is 18.5. The number of amides is 1. The van der Waals surface area contributed by atoms with Gasteiger partial charge in [-0.1, -0.05) is 19.1 Å². The number of aryl methyl sites for hydroxylation is 1. The lowest BCUT2D eigenvalue weighted by Crippen LogP contribution is -2.45. The molecule has 146 valence electrons. The minimum atomic E-state index is 0. The maximum absolute atomic E-state index is 11.8. The number of guanidine groups is 1. The summed E-state index contributed by atoms with van der Waals surface area (Å²) in [4.78, 5) is 18.4. The second kappa shape index (κ2) is 11.3. The van der Waals surface area contributed by atoms with Gasteiger partial charge in [0.2, 0.25) is 5.91 Å². The molecular weight excluding hydrogens is 443 g/mol. The summed E-state index contributed by atoms with van der Waals surface area (Å²) >= 11 is 0. The van der Waals surface area contributed by atoms with Crippen LogP contribution in [0.15, 0.2) is 23.2 Å². The standard InChI is InChI=1S/C19H30N4O2.HI/c1-5-18(24)23-10-9-16(13-23)22-19(20-6-2)21-12-15-7-8-17(25-4)14(3)11-15;/h7-8,11,16H,5-6,9-10,12-13H2,1-4H3,(H2,20,21,22);1H. The predicted molar refractivity (Wildman–Crippen MR) is 116 cm³/mol. The van der Waals surface area contributed by atoms with Crippen LogP contribution in [-0.2, 0) is 11.3 Å². The summed E-state index contributed by atoms with van der Waals surface area (Å²) in [7, 11) is 1.68. The Morgan fingerprint density at radius 3 is 2.77 bits per heavy atom. The van der Waals surface area contributed by atoms with Crippen LogP contribution in [0.5, 0.6) is 5.75 Å². The molecule has 1 fully saturated rings. The Kier molecular flexibility index (Phi) is 9.75. The van der Waals surface area contributed by atoms with Crippen molar-refractivity contribution >= 4 is 35.8 Å². The normalized spacial score (nSPS) is 16.8. The number of hydrogen-bond donors (Lipinski definition) is 2. The van der Waals surface area contributed by atoms with Gasteiger partial charge in [-0.05, 0) is 37.5 Å². The molecular formula is C19H31IN4O2. The first-order valence-electron chi connectivity index (χ1n) is 9.03. The van der Waals surface area contributed by atoms with E-state index in [1.165, 1.54) is 0 Å². The lowest BCUT2D eigenvalue weighted by Gasteiger charge is -2.18. The minimum absolute atomic E-state index is 0. The summed E-state index contributed by atoms with van der Waals surface area (Å²) in [6, 6.07) is 6.37. The minimum Gasteiger partial charge on any atom is -0.496 e. The van der Waals surface area contributed by atoms with Crippen molar-refractivity contribution in [2.75, 3.05) is 26.7 Å².